The minimum absolute atomic E-state index is 0.341. The Morgan fingerprint density at radius 3 is 2.31 bits per heavy atom. The molecule has 2 rings (SSSR count). The molecule has 0 amide bonds. The van der Waals surface area contributed by atoms with E-state index in [9.17, 15) is 0 Å². The van der Waals surface area contributed by atoms with Gasteiger partial charge in [-0.2, -0.15) is 0 Å². The molecule has 0 aliphatic heterocycles. The zero-order chi connectivity index (χ0) is 12.0. The van der Waals surface area contributed by atoms with Gasteiger partial charge in [0, 0.05) is 0 Å². The van der Waals surface area contributed by atoms with Crippen molar-refractivity contribution in [2.45, 2.75) is 51.7 Å². The fourth-order valence-corrected chi connectivity index (χ4v) is 6.57. The van der Waals surface area contributed by atoms with E-state index in [4.69, 9.17) is 0 Å². The van der Waals surface area contributed by atoms with E-state index >= 15 is 0 Å². The van der Waals surface area contributed by atoms with Crippen molar-refractivity contribution in [1.82, 2.24) is 0 Å². The Bertz CT molecular complexity index is 387. The van der Waals surface area contributed by atoms with Crippen molar-refractivity contribution in [3.8, 4) is 0 Å². The average molecular weight is 231 g/mol. The van der Waals surface area contributed by atoms with Gasteiger partial charge in [0.2, 0.25) is 0 Å². The zero-order valence-electron chi connectivity index (χ0n) is 11.2. The molecular weight excluding hydrogens is 208 g/mol. The Morgan fingerprint density at radius 2 is 1.75 bits per heavy atom. The van der Waals surface area contributed by atoms with E-state index in [0.717, 1.165) is 0 Å². The second-order valence-corrected chi connectivity index (χ2v) is 9.17. The first-order valence-corrected chi connectivity index (χ1v) is 8.78. The van der Waals surface area contributed by atoms with Crippen LogP contribution in [0, 0.1) is 5.41 Å². The van der Waals surface area contributed by atoms with Gasteiger partial charge in [-0.3, -0.25) is 0 Å². The smallest absolute Gasteiger partial charge is 0.0546 e. The molecule has 1 atom stereocenters. The van der Waals surface area contributed by atoms with E-state index in [1.54, 1.807) is 11.1 Å². The van der Waals surface area contributed by atoms with Crippen LogP contribution in [0.3, 0.4) is 0 Å². The second-order valence-electron chi connectivity index (χ2n) is 6.31. The molecule has 87 valence electrons. The summed E-state index contributed by atoms with van der Waals surface area (Å²) in [6.07, 6.45) is 2.64. The van der Waals surface area contributed by atoms with Crippen LogP contribution in [-0.2, 0) is 11.5 Å². The summed E-state index contributed by atoms with van der Waals surface area (Å²) in [5, 5.41) is 0.467. The van der Waals surface area contributed by atoms with E-state index in [1.165, 1.54) is 12.8 Å². The third-order valence-corrected chi connectivity index (χ3v) is 7.36. The molecule has 0 N–H and O–H groups in total. The molecule has 1 aliphatic rings. The van der Waals surface area contributed by atoms with Gasteiger partial charge in [0.05, 0.1) is 8.80 Å². The lowest BCUT2D eigenvalue weighted by molar-refractivity contribution is 0.266. The molecule has 1 heteroatoms. The molecule has 1 unspecified atom stereocenters. The Kier molecular flexibility index (Phi) is 2.78. The molecule has 0 aromatic heterocycles. The van der Waals surface area contributed by atoms with Gasteiger partial charge in [-0.1, -0.05) is 58.1 Å². The third-order valence-electron chi connectivity index (χ3n) is 4.38. The van der Waals surface area contributed by atoms with E-state index < -0.39 is 0 Å². The summed E-state index contributed by atoms with van der Waals surface area (Å²) >= 11 is 0. The van der Waals surface area contributed by atoms with Gasteiger partial charge >= 0.3 is 0 Å². The summed E-state index contributed by atoms with van der Waals surface area (Å²) in [6.45, 7) is 12.2. The van der Waals surface area contributed by atoms with E-state index in [1.807, 2.05) is 0 Å². The molecule has 1 aliphatic carbocycles. The van der Waals surface area contributed by atoms with Crippen LogP contribution in [0.1, 0.15) is 38.3 Å². The number of hydrogen-bond acceptors (Lipinski definition) is 0. The molecule has 1 aromatic carbocycles. The lowest BCUT2D eigenvalue weighted by Crippen LogP contribution is -2.48. The van der Waals surface area contributed by atoms with Crippen LogP contribution in [0.25, 0.3) is 0 Å². The molecule has 0 spiro atoms. The van der Waals surface area contributed by atoms with E-state index in [2.05, 4.69) is 58.1 Å². The van der Waals surface area contributed by atoms with Crippen LogP contribution in [0.4, 0.5) is 0 Å². The zero-order valence-corrected chi connectivity index (χ0v) is 12.2. The highest BCUT2D eigenvalue weighted by Crippen LogP contribution is 2.51. The van der Waals surface area contributed by atoms with Gasteiger partial charge < -0.3 is 0 Å². The molecule has 1 radical (unpaired) electrons. The highest BCUT2D eigenvalue weighted by atomic mass is 28.3. The van der Waals surface area contributed by atoms with Gasteiger partial charge in [-0.05, 0) is 34.4 Å². The Balaban J connectivity index is 2.61. The van der Waals surface area contributed by atoms with Gasteiger partial charge in [-0.15, -0.1) is 0 Å². The number of hydrogen-bond donors (Lipinski definition) is 0. The molecule has 0 heterocycles. The van der Waals surface area contributed by atoms with Gasteiger partial charge in [0.1, 0.15) is 0 Å². The Labute approximate surface area is 102 Å². The number of fused-ring (bicyclic) bond motifs is 1. The quantitative estimate of drug-likeness (QED) is 0.635. The van der Waals surface area contributed by atoms with E-state index in [0.29, 0.717) is 10.5 Å². The van der Waals surface area contributed by atoms with Crippen molar-refractivity contribution in [3.63, 3.8) is 0 Å². The molecule has 0 saturated heterocycles. The van der Waals surface area contributed by atoms with Crippen molar-refractivity contribution < 1.29 is 0 Å². The highest BCUT2D eigenvalue weighted by molar-refractivity contribution is 6.60. The SMILES string of the molecule is C[Si](C)C1(C(C)(C)C)CCc2ccccc21. The first-order valence-electron chi connectivity index (χ1n) is 6.28. The molecule has 0 nitrogen and oxygen atoms in total. The predicted octanol–water partition coefficient (Wildman–Crippen LogP) is 4.21. The maximum absolute atomic E-state index is 2.48. The molecule has 16 heavy (non-hydrogen) atoms. The fraction of sp³-hybridized carbons (Fsp3) is 0.600. The Hall–Kier alpha value is -0.563. The summed E-state index contributed by atoms with van der Waals surface area (Å²) in [6, 6.07) is 9.11. The third kappa shape index (κ3) is 1.48. The molecule has 1 aromatic rings. The van der Waals surface area contributed by atoms with Crippen LogP contribution >= 0.6 is 0 Å². The van der Waals surface area contributed by atoms with Crippen molar-refractivity contribution in [1.29, 1.82) is 0 Å². The number of benzene rings is 1. The minimum atomic E-state index is -0.341. The number of aryl methyl sites for hydroxylation is 1. The lowest BCUT2D eigenvalue weighted by Gasteiger charge is -2.46. The van der Waals surface area contributed by atoms with Gasteiger partial charge in [0.15, 0.2) is 0 Å². The van der Waals surface area contributed by atoms with Crippen molar-refractivity contribution in [2.24, 2.45) is 5.41 Å². The topological polar surface area (TPSA) is 0 Å². The molecule has 0 fully saturated rings. The molecular formula is C15H23Si. The minimum Gasteiger partial charge on any atom is -0.0705 e. The molecule has 0 saturated carbocycles. The lowest BCUT2D eigenvalue weighted by atomic mass is 9.76. The van der Waals surface area contributed by atoms with Crippen molar-refractivity contribution >= 4 is 8.80 Å². The fourth-order valence-electron chi connectivity index (χ4n) is 3.66. The average Bonchev–Trinajstić information content (AvgIpc) is 2.56. The molecule has 0 bridgehead atoms. The maximum Gasteiger partial charge on any atom is 0.0546 e. The van der Waals surface area contributed by atoms with E-state index in [-0.39, 0.29) is 8.80 Å². The van der Waals surface area contributed by atoms with Crippen LogP contribution < -0.4 is 0 Å². The summed E-state index contributed by atoms with van der Waals surface area (Å²) in [5.41, 5.74) is 3.64. The predicted molar refractivity (Wildman–Crippen MR) is 73.4 cm³/mol. The van der Waals surface area contributed by atoms with Crippen molar-refractivity contribution in [2.75, 3.05) is 0 Å². The summed E-state index contributed by atoms with van der Waals surface area (Å²) < 4.78 is 0. The van der Waals surface area contributed by atoms with Crippen LogP contribution in [0.5, 0.6) is 0 Å². The van der Waals surface area contributed by atoms with Crippen molar-refractivity contribution in [3.05, 3.63) is 35.4 Å². The summed E-state index contributed by atoms with van der Waals surface area (Å²) in [5.74, 6) is 0. The second kappa shape index (κ2) is 3.73. The number of rotatable bonds is 1. The first kappa shape index (κ1) is 11.9. The maximum atomic E-state index is 2.48. The largest absolute Gasteiger partial charge is 0.0705 e. The van der Waals surface area contributed by atoms with Crippen LogP contribution in [0.15, 0.2) is 24.3 Å². The van der Waals surface area contributed by atoms with Crippen LogP contribution in [0.2, 0.25) is 13.1 Å². The Morgan fingerprint density at radius 1 is 1.12 bits per heavy atom. The standard InChI is InChI=1S/C15H23Si/c1-14(2,3)15(16(4)5)11-10-12-8-6-7-9-13(12)15/h6-9H,10-11H2,1-5H3. The van der Waals surface area contributed by atoms with Gasteiger partial charge in [0.25, 0.3) is 0 Å². The van der Waals surface area contributed by atoms with Gasteiger partial charge in [-0.25, -0.2) is 0 Å². The monoisotopic (exact) mass is 231 g/mol. The normalized spacial score (nSPS) is 24.9. The van der Waals surface area contributed by atoms with Crippen LogP contribution in [-0.4, -0.2) is 8.80 Å². The first-order chi connectivity index (χ1) is 7.39. The highest BCUT2D eigenvalue weighted by Gasteiger charge is 2.49. The summed E-state index contributed by atoms with van der Waals surface area (Å²) in [7, 11) is -0.341. The summed E-state index contributed by atoms with van der Waals surface area (Å²) in [4.78, 5) is 0.